The monoisotopic (exact) mass is 369 g/mol. The minimum atomic E-state index is -0.0741. The van der Waals surface area contributed by atoms with Crippen molar-refractivity contribution in [3.05, 3.63) is 61.4 Å². The van der Waals surface area contributed by atoms with Gasteiger partial charge in [0.05, 0.1) is 22.9 Å². The third kappa shape index (κ3) is 2.72. The highest BCUT2D eigenvalue weighted by atomic mass is 79.9. The Hall–Kier alpha value is -1.37. The number of nitrogens with one attached hydrogen (secondary N) is 1. The highest BCUT2D eigenvalue weighted by Crippen LogP contribution is 2.25. The molecule has 0 saturated heterocycles. The molecule has 1 aromatic carbocycles. The minimum Gasteiger partial charge on any atom is -0.378 e. The second-order valence-corrected chi connectivity index (χ2v) is 6.31. The van der Waals surface area contributed by atoms with Crippen molar-refractivity contribution in [2.45, 2.75) is 6.54 Å². The summed E-state index contributed by atoms with van der Waals surface area (Å²) in [5.74, 6) is 0. The van der Waals surface area contributed by atoms with Gasteiger partial charge in [-0.2, -0.15) is 0 Å². The maximum Gasteiger partial charge on any atom is 0.258 e. The van der Waals surface area contributed by atoms with Gasteiger partial charge in [0.25, 0.3) is 5.56 Å². The number of hydrogen-bond donors (Lipinski definition) is 1. The first-order valence-corrected chi connectivity index (χ1v) is 7.83. The summed E-state index contributed by atoms with van der Waals surface area (Å²) >= 11 is 10.9. The van der Waals surface area contributed by atoms with E-state index in [9.17, 15) is 4.79 Å². The standard InChI is InChI=1S/C13H9BrClN3OS/c14-8-1-2-11(10(15)5-8)16-7-9-6-12(19)18-3-4-20-13(18)17-9/h1-6,16H,7H2. The summed E-state index contributed by atoms with van der Waals surface area (Å²) in [5.41, 5.74) is 1.43. The zero-order chi connectivity index (χ0) is 14.1. The smallest absolute Gasteiger partial charge is 0.258 e. The molecule has 7 heteroatoms. The Bertz CT molecular complexity index is 830. The zero-order valence-electron chi connectivity index (χ0n) is 10.1. The lowest BCUT2D eigenvalue weighted by atomic mass is 10.3. The van der Waals surface area contributed by atoms with Crippen molar-refractivity contribution < 1.29 is 0 Å². The van der Waals surface area contributed by atoms with Crippen LogP contribution in [0.25, 0.3) is 4.96 Å². The van der Waals surface area contributed by atoms with E-state index in [0.29, 0.717) is 22.2 Å². The Kier molecular flexibility index (Phi) is 3.78. The summed E-state index contributed by atoms with van der Waals surface area (Å²) in [6.07, 6.45) is 1.72. The Morgan fingerprint density at radius 1 is 1.40 bits per heavy atom. The van der Waals surface area contributed by atoms with Gasteiger partial charge in [0.2, 0.25) is 0 Å². The number of nitrogens with zero attached hydrogens (tertiary/aromatic N) is 2. The van der Waals surface area contributed by atoms with Crippen LogP contribution in [0.2, 0.25) is 5.02 Å². The van der Waals surface area contributed by atoms with Gasteiger partial charge in [0, 0.05) is 22.1 Å². The molecule has 0 radical (unpaired) electrons. The molecule has 0 spiro atoms. The Balaban J connectivity index is 1.84. The molecule has 0 aliphatic heterocycles. The first-order chi connectivity index (χ1) is 9.63. The molecule has 0 amide bonds. The topological polar surface area (TPSA) is 46.4 Å². The Morgan fingerprint density at radius 3 is 3.05 bits per heavy atom. The summed E-state index contributed by atoms with van der Waals surface area (Å²) in [4.78, 5) is 17.0. The van der Waals surface area contributed by atoms with Crippen LogP contribution in [0.15, 0.2) is 45.1 Å². The van der Waals surface area contributed by atoms with Crippen LogP contribution >= 0.6 is 38.9 Å². The first kappa shape index (κ1) is 13.6. The second kappa shape index (κ2) is 5.55. The van der Waals surface area contributed by atoms with Crippen LogP contribution in [0.3, 0.4) is 0 Å². The summed E-state index contributed by atoms with van der Waals surface area (Å²) in [6.45, 7) is 0.449. The van der Waals surface area contributed by atoms with E-state index in [1.807, 2.05) is 23.6 Å². The first-order valence-electron chi connectivity index (χ1n) is 5.78. The van der Waals surface area contributed by atoms with Crippen LogP contribution in [-0.2, 0) is 6.54 Å². The average Bonchev–Trinajstić information content (AvgIpc) is 2.86. The molecule has 4 nitrogen and oxygen atoms in total. The van der Waals surface area contributed by atoms with E-state index in [4.69, 9.17) is 11.6 Å². The third-order valence-corrected chi connectivity index (χ3v) is 4.31. The van der Waals surface area contributed by atoms with Gasteiger partial charge in [-0.15, -0.1) is 11.3 Å². The van der Waals surface area contributed by atoms with Crippen LogP contribution in [0.5, 0.6) is 0 Å². The van der Waals surface area contributed by atoms with Crippen LogP contribution in [0, 0.1) is 0 Å². The lowest BCUT2D eigenvalue weighted by Gasteiger charge is -2.08. The van der Waals surface area contributed by atoms with Crippen LogP contribution in [0.1, 0.15) is 5.69 Å². The highest BCUT2D eigenvalue weighted by Gasteiger charge is 2.05. The van der Waals surface area contributed by atoms with Crippen LogP contribution in [0.4, 0.5) is 5.69 Å². The highest BCUT2D eigenvalue weighted by molar-refractivity contribution is 9.10. The minimum absolute atomic E-state index is 0.0741. The maximum atomic E-state index is 11.9. The van der Waals surface area contributed by atoms with E-state index in [0.717, 1.165) is 10.2 Å². The van der Waals surface area contributed by atoms with E-state index in [1.165, 1.54) is 21.8 Å². The quantitative estimate of drug-likeness (QED) is 0.763. The molecule has 20 heavy (non-hydrogen) atoms. The Labute approximate surface area is 132 Å². The van der Waals surface area contributed by atoms with E-state index < -0.39 is 0 Å². The number of benzene rings is 1. The van der Waals surface area contributed by atoms with Gasteiger partial charge in [0.1, 0.15) is 0 Å². The zero-order valence-corrected chi connectivity index (χ0v) is 13.3. The number of aromatic nitrogens is 2. The normalized spacial score (nSPS) is 10.9. The number of thiazole rings is 1. The maximum absolute atomic E-state index is 11.9. The van der Waals surface area contributed by atoms with Gasteiger partial charge in [0.15, 0.2) is 4.96 Å². The number of hydrogen-bond acceptors (Lipinski definition) is 4. The number of anilines is 1. The average molecular weight is 371 g/mol. The molecule has 3 rings (SSSR count). The third-order valence-electron chi connectivity index (χ3n) is 2.75. The predicted molar refractivity (Wildman–Crippen MR) is 85.8 cm³/mol. The van der Waals surface area contributed by atoms with Crippen molar-refractivity contribution in [1.82, 2.24) is 9.38 Å². The molecular weight excluding hydrogens is 362 g/mol. The molecule has 0 saturated carbocycles. The van der Waals surface area contributed by atoms with Gasteiger partial charge in [-0.1, -0.05) is 27.5 Å². The van der Waals surface area contributed by atoms with Crippen molar-refractivity contribution in [3.63, 3.8) is 0 Å². The van der Waals surface area contributed by atoms with Crippen molar-refractivity contribution in [2.75, 3.05) is 5.32 Å². The Morgan fingerprint density at radius 2 is 2.25 bits per heavy atom. The van der Waals surface area contributed by atoms with Gasteiger partial charge >= 0.3 is 0 Å². The van der Waals surface area contributed by atoms with Gasteiger partial charge in [-0.25, -0.2) is 4.98 Å². The fraction of sp³-hybridized carbons (Fsp3) is 0.0769. The molecule has 0 fully saturated rings. The van der Waals surface area contributed by atoms with E-state index in [-0.39, 0.29) is 5.56 Å². The van der Waals surface area contributed by atoms with Gasteiger partial charge < -0.3 is 5.32 Å². The number of rotatable bonds is 3. The lowest BCUT2D eigenvalue weighted by Crippen LogP contribution is -2.14. The van der Waals surface area contributed by atoms with Crippen LogP contribution < -0.4 is 10.9 Å². The predicted octanol–water partition coefficient (Wildman–Crippen LogP) is 3.78. The molecule has 0 atom stereocenters. The summed E-state index contributed by atoms with van der Waals surface area (Å²) < 4.78 is 2.45. The molecule has 3 aromatic rings. The summed E-state index contributed by atoms with van der Waals surface area (Å²) in [5, 5.41) is 5.64. The van der Waals surface area contributed by atoms with Gasteiger partial charge in [-0.05, 0) is 18.2 Å². The second-order valence-electron chi connectivity index (χ2n) is 4.12. The molecule has 2 heterocycles. The molecule has 102 valence electrons. The number of halogens is 2. The SMILES string of the molecule is O=c1cc(CNc2ccc(Br)cc2Cl)nc2sccn12. The molecule has 2 aromatic heterocycles. The summed E-state index contributed by atoms with van der Waals surface area (Å²) in [7, 11) is 0. The summed E-state index contributed by atoms with van der Waals surface area (Å²) in [6, 6.07) is 7.12. The molecule has 0 unspecified atom stereocenters. The molecular formula is C13H9BrClN3OS. The van der Waals surface area contributed by atoms with Crippen molar-refractivity contribution in [2.24, 2.45) is 0 Å². The molecule has 0 aliphatic carbocycles. The lowest BCUT2D eigenvalue weighted by molar-refractivity contribution is 0.990. The van der Waals surface area contributed by atoms with Crippen molar-refractivity contribution >= 4 is 49.5 Å². The van der Waals surface area contributed by atoms with Crippen molar-refractivity contribution in [1.29, 1.82) is 0 Å². The van der Waals surface area contributed by atoms with E-state index in [2.05, 4.69) is 26.2 Å². The molecule has 0 bridgehead atoms. The van der Waals surface area contributed by atoms with Gasteiger partial charge in [-0.3, -0.25) is 9.20 Å². The van der Waals surface area contributed by atoms with Crippen molar-refractivity contribution in [3.8, 4) is 0 Å². The largest absolute Gasteiger partial charge is 0.378 e. The number of fused-ring (bicyclic) bond motifs is 1. The van der Waals surface area contributed by atoms with Crippen LogP contribution in [-0.4, -0.2) is 9.38 Å². The molecule has 0 aliphatic rings. The van der Waals surface area contributed by atoms with E-state index in [1.54, 1.807) is 6.20 Å². The van der Waals surface area contributed by atoms with E-state index >= 15 is 0 Å². The fourth-order valence-corrected chi connectivity index (χ4v) is 3.28. The fourth-order valence-electron chi connectivity index (χ4n) is 1.80. The molecule has 1 N–H and O–H groups in total.